The molecule has 3 aromatic carbocycles. The van der Waals surface area contributed by atoms with Crippen LogP contribution in [0.25, 0.3) is 42.0 Å². The summed E-state index contributed by atoms with van der Waals surface area (Å²) in [4.78, 5) is 0. The van der Waals surface area contributed by atoms with E-state index < -0.39 is 0 Å². The minimum Gasteiger partial charge on any atom is -0.344 e. The Hall–Kier alpha value is -2.32. The number of rotatable bonds is 0. The highest BCUT2D eigenvalue weighted by molar-refractivity contribution is 7.26. The molecule has 0 fully saturated rings. The Morgan fingerprint density at radius 3 is 2.32 bits per heavy atom. The SMILES string of the molecule is Cn1c2ccccc2c2c3c(ccc21)sc1c(C(C)(C)C)cccc13. The van der Waals surface area contributed by atoms with Gasteiger partial charge < -0.3 is 4.57 Å². The van der Waals surface area contributed by atoms with Crippen molar-refractivity contribution in [2.45, 2.75) is 26.2 Å². The lowest BCUT2D eigenvalue weighted by atomic mass is 9.86. The first-order valence-electron chi connectivity index (χ1n) is 8.78. The van der Waals surface area contributed by atoms with Crippen molar-refractivity contribution in [1.82, 2.24) is 4.57 Å². The second kappa shape index (κ2) is 4.86. The topological polar surface area (TPSA) is 4.93 Å². The van der Waals surface area contributed by atoms with E-state index in [2.05, 4.69) is 87.0 Å². The molecule has 0 aliphatic rings. The predicted octanol–water partition coefficient (Wildman–Crippen LogP) is 7.00. The molecule has 2 heteroatoms. The van der Waals surface area contributed by atoms with E-state index in [4.69, 9.17) is 0 Å². The van der Waals surface area contributed by atoms with Gasteiger partial charge in [0.05, 0.1) is 0 Å². The van der Waals surface area contributed by atoms with Crippen molar-refractivity contribution in [3.8, 4) is 0 Å². The Balaban J connectivity index is 2.08. The first-order chi connectivity index (χ1) is 12.0. The van der Waals surface area contributed by atoms with Crippen molar-refractivity contribution >= 4 is 53.3 Å². The smallest absolute Gasteiger partial charge is 0.0496 e. The highest BCUT2D eigenvalue weighted by Crippen LogP contribution is 2.44. The van der Waals surface area contributed by atoms with E-state index in [9.17, 15) is 0 Å². The molecule has 0 bridgehead atoms. The molecule has 0 unspecified atom stereocenters. The number of thiophene rings is 1. The highest BCUT2D eigenvalue weighted by Gasteiger charge is 2.21. The summed E-state index contributed by atoms with van der Waals surface area (Å²) in [6.07, 6.45) is 0. The first-order valence-corrected chi connectivity index (χ1v) is 9.60. The third-order valence-corrected chi connectivity index (χ3v) is 6.55. The van der Waals surface area contributed by atoms with Crippen LogP contribution in [0.2, 0.25) is 0 Å². The van der Waals surface area contributed by atoms with Crippen molar-refractivity contribution in [1.29, 1.82) is 0 Å². The van der Waals surface area contributed by atoms with Crippen molar-refractivity contribution in [2.75, 3.05) is 0 Å². The fraction of sp³-hybridized carbons (Fsp3) is 0.217. The molecule has 124 valence electrons. The molecule has 5 rings (SSSR count). The number of para-hydroxylation sites is 1. The Kier molecular flexibility index (Phi) is 2.91. The van der Waals surface area contributed by atoms with Gasteiger partial charge in [-0.05, 0) is 29.2 Å². The van der Waals surface area contributed by atoms with E-state index >= 15 is 0 Å². The average molecular weight is 343 g/mol. The van der Waals surface area contributed by atoms with Crippen molar-refractivity contribution in [3.05, 3.63) is 60.2 Å². The van der Waals surface area contributed by atoms with Gasteiger partial charge in [0.2, 0.25) is 0 Å². The number of benzene rings is 3. The minimum absolute atomic E-state index is 0.151. The molecule has 5 aromatic rings. The normalized spacial score (nSPS) is 12.8. The van der Waals surface area contributed by atoms with Gasteiger partial charge in [-0.2, -0.15) is 0 Å². The lowest BCUT2D eigenvalue weighted by molar-refractivity contribution is 0.597. The van der Waals surface area contributed by atoms with Gasteiger partial charge in [0, 0.05) is 49.0 Å². The number of hydrogen-bond acceptors (Lipinski definition) is 1. The summed E-state index contributed by atoms with van der Waals surface area (Å²) >= 11 is 1.94. The Morgan fingerprint density at radius 2 is 1.52 bits per heavy atom. The fourth-order valence-corrected chi connectivity index (χ4v) is 5.56. The molecule has 0 N–H and O–H groups in total. The van der Waals surface area contributed by atoms with Gasteiger partial charge in [-0.3, -0.25) is 0 Å². The number of nitrogens with zero attached hydrogens (tertiary/aromatic N) is 1. The summed E-state index contributed by atoms with van der Waals surface area (Å²) in [5.41, 5.74) is 4.21. The minimum atomic E-state index is 0.151. The molecule has 0 saturated heterocycles. The second-order valence-corrected chi connectivity index (χ2v) is 9.00. The van der Waals surface area contributed by atoms with Gasteiger partial charge >= 0.3 is 0 Å². The third kappa shape index (κ3) is 1.95. The lowest BCUT2D eigenvalue weighted by Crippen LogP contribution is -2.10. The molecular formula is C23H21NS. The number of fused-ring (bicyclic) bond motifs is 7. The van der Waals surface area contributed by atoms with Crippen LogP contribution in [0.1, 0.15) is 26.3 Å². The van der Waals surface area contributed by atoms with Crippen LogP contribution in [0.4, 0.5) is 0 Å². The largest absolute Gasteiger partial charge is 0.344 e. The van der Waals surface area contributed by atoms with Gasteiger partial charge in [0.1, 0.15) is 0 Å². The molecular weight excluding hydrogens is 322 g/mol. The molecule has 2 heterocycles. The standard InChI is InChI=1S/C23H21NS/c1-23(2,3)16-10-7-9-15-21-19(25-22(15)16)13-12-18-20(21)14-8-5-6-11-17(14)24(18)4/h5-13H,1-4H3. The Bertz CT molecular complexity index is 1280. The number of hydrogen-bond donors (Lipinski definition) is 0. The summed E-state index contributed by atoms with van der Waals surface area (Å²) in [6.45, 7) is 6.92. The van der Waals surface area contributed by atoms with E-state index in [1.54, 1.807) is 0 Å². The van der Waals surface area contributed by atoms with Crippen LogP contribution >= 0.6 is 11.3 Å². The van der Waals surface area contributed by atoms with Crippen LogP contribution in [0, 0.1) is 0 Å². The van der Waals surface area contributed by atoms with Gasteiger partial charge in [-0.1, -0.05) is 57.2 Å². The zero-order valence-corrected chi connectivity index (χ0v) is 15.9. The van der Waals surface area contributed by atoms with Crippen molar-refractivity contribution < 1.29 is 0 Å². The molecule has 0 aliphatic carbocycles. The zero-order valence-electron chi connectivity index (χ0n) is 15.1. The van der Waals surface area contributed by atoms with E-state index in [0.29, 0.717) is 0 Å². The van der Waals surface area contributed by atoms with Gasteiger partial charge in [-0.25, -0.2) is 0 Å². The molecule has 0 aliphatic heterocycles. The zero-order chi connectivity index (χ0) is 17.3. The van der Waals surface area contributed by atoms with E-state index in [1.165, 1.54) is 47.5 Å². The van der Waals surface area contributed by atoms with Crippen LogP contribution in [0.3, 0.4) is 0 Å². The quantitative estimate of drug-likeness (QED) is 0.285. The Morgan fingerprint density at radius 1 is 0.760 bits per heavy atom. The molecule has 1 nitrogen and oxygen atoms in total. The van der Waals surface area contributed by atoms with Crippen LogP contribution in [0.5, 0.6) is 0 Å². The summed E-state index contributed by atoms with van der Waals surface area (Å²) < 4.78 is 5.14. The van der Waals surface area contributed by atoms with Crippen molar-refractivity contribution in [2.24, 2.45) is 7.05 Å². The average Bonchev–Trinajstić information content (AvgIpc) is 3.10. The number of aryl methyl sites for hydroxylation is 1. The molecule has 0 spiro atoms. The lowest BCUT2D eigenvalue weighted by Gasteiger charge is -2.19. The summed E-state index contributed by atoms with van der Waals surface area (Å²) in [5.74, 6) is 0. The summed E-state index contributed by atoms with van der Waals surface area (Å²) in [7, 11) is 2.17. The van der Waals surface area contributed by atoms with Gasteiger partial charge in [0.15, 0.2) is 0 Å². The number of aromatic nitrogens is 1. The maximum Gasteiger partial charge on any atom is 0.0496 e. The predicted molar refractivity (Wildman–Crippen MR) is 112 cm³/mol. The molecule has 25 heavy (non-hydrogen) atoms. The molecule has 0 atom stereocenters. The fourth-order valence-electron chi connectivity index (χ4n) is 4.13. The third-order valence-electron chi connectivity index (χ3n) is 5.35. The van der Waals surface area contributed by atoms with Crippen LogP contribution in [-0.4, -0.2) is 4.57 Å². The maximum atomic E-state index is 2.32. The monoisotopic (exact) mass is 343 g/mol. The van der Waals surface area contributed by atoms with Crippen LogP contribution in [-0.2, 0) is 12.5 Å². The first kappa shape index (κ1) is 15.0. The van der Waals surface area contributed by atoms with Crippen LogP contribution in [0.15, 0.2) is 54.6 Å². The molecule has 0 radical (unpaired) electrons. The molecule has 0 amide bonds. The van der Waals surface area contributed by atoms with Crippen molar-refractivity contribution in [3.63, 3.8) is 0 Å². The maximum absolute atomic E-state index is 2.32. The molecule has 0 saturated carbocycles. The van der Waals surface area contributed by atoms with E-state index in [-0.39, 0.29) is 5.41 Å². The summed E-state index contributed by atoms with van der Waals surface area (Å²) in [5, 5.41) is 5.56. The Labute approximate surface area is 151 Å². The van der Waals surface area contributed by atoms with E-state index in [1.807, 2.05) is 11.3 Å². The van der Waals surface area contributed by atoms with E-state index in [0.717, 1.165) is 0 Å². The van der Waals surface area contributed by atoms with Gasteiger partial charge in [-0.15, -0.1) is 11.3 Å². The van der Waals surface area contributed by atoms with Gasteiger partial charge in [0.25, 0.3) is 0 Å². The second-order valence-electron chi connectivity index (χ2n) is 7.94. The molecule has 2 aromatic heterocycles. The van der Waals surface area contributed by atoms with Crippen LogP contribution < -0.4 is 0 Å². The summed E-state index contributed by atoms with van der Waals surface area (Å²) in [6, 6.07) is 20.1. The highest BCUT2D eigenvalue weighted by atomic mass is 32.1.